The zero-order valence-corrected chi connectivity index (χ0v) is 41.1. The van der Waals surface area contributed by atoms with E-state index in [0.29, 0.717) is 0 Å². The molecule has 0 aromatic carbocycles. The fraction of sp³-hybridized carbons (Fsp3) is 0.964. The first-order valence-corrected chi connectivity index (χ1v) is 25.3. The van der Waals surface area contributed by atoms with E-state index in [1.807, 2.05) is 0 Å². The fourth-order valence-corrected chi connectivity index (χ4v) is 15.8. The van der Waals surface area contributed by atoms with Gasteiger partial charge in [-0.1, -0.05) is 157 Å². The molecule has 0 nitrogen and oxygen atoms in total. The monoisotopic (exact) mass is 763 g/mol. The van der Waals surface area contributed by atoms with Gasteiger partial charge >= 0.3 is 0 Å². The van der Waals surface area contributed by atoms with Crippen LogP contribution in [0.3, 0.4) is 0 Å². The third-order valence-corrected chi connectivity index (χ3v) is 21.7. The van der Waals surface area contributed by atoms with Crippen molar-refractivity contribution in [2.24, 2.45) is 154 Å². The van der Waals surface area contributed by atoms with Crippen LogP contribution < -0.4 is 0 Å². The van der Waals surface area contributed by atoms with E-state index >= 15 is 0 Å². The Morgan fingerprint density at radius 2 is 0.564 bits per heavy atom. The molecular weight excluding hydrogens is 661 g/mol. The molecule has 10 rings (SSSR count). The molecule has 8 fully saturated rings. The van der Waals surface area contributed by atoms with E-state index < -0.39 is 0 Å². The molecule has 0 saturated heterocycles. The molecule has 0 amide bonds. The van der Waals surface area contributed by atoms with E-state index in [1.54, 1.807) is 0 Å². The molecule has 0 aromatic rings. The van der Waals surface area contributed by atoms with Crippen LogP contribution in [0, 0.1) is 154 Å². The highest BCUT2D eigenvalue weighted by molar-refractivity contribution is 5.12. The van der Waals surface area contributed by atoms with Crippen molar-refractivity contribution in [1.29, 1.82) is 0 Å². The van der Waals surface area contributed by atoms with Crippen molar-refractivity contribution in [1.82, 2.24) is 0 Å². The summed E-state index contributed by atoms with van der Waals surface area (Å²) in [4.78, 5) is 0. The summed E-state index contributed by atoms with van der Waals surface area (Å²) in [6.45, 7) is 48.6. The van der Waals surface area contributed by atoms with Crippen molar-refractivity contribution < 1.29 is 0 Å². The Morgan fingerprint density at radius 3 is 0.782 bits per heavy atom. The van der Waals surface area contributed by atoms with Crippen LogP contribution in [0.4, 0.5) is 0 Å². The lowest BCUT2D eigenvalue weighted by Crippen LogP contribution is -2.47. The minimum absolute atomic E-state index is 0.861. The summed E-state index contributed by atoms with van der Waals surface area (Å²) in [5, 5.41) is 0. The third kappa shape index (κ3) is 10.0. The molecule has 0 heterocycles. The quantitative estimate of drug-likeness (QED) is 0.233. The van der Waals surface area contributed by atoms with Gasteiger partial charge in [0.25, 0.3) is 0 Å². The van der Waals surface area contributed by atoms with E-state index in [1.165, 1.54) is 44.9 Å². The highest BCUT2D eigenvalue weighted by Gasteiger charge is 2.51. The summed E-state index contributed by atoms with van der Waals surface area (Å²) in [7, 11) is 0. The highest BCUT2D eigenvalue weighted by Crippen LogP contribution is 2.58. The van der Waals surface area contributed by atoms with E-state index in [2.05, 4.69) is 151 Å². The van der Waals surface area contributed by atoms with Crippen LogP contribution in [-0.2, 0) is 0 Å². The summed E-state index contributed by atoms with van der Waals surface area (Å²) < 4.78 is 0. The topological polar surface area (TPSA) is 0 Å². The molecule has 20 unspecified atom stereocenters. The summed E-state index contributed by atoms with van der Waals surface area (Å²) >= 11 is 0. The fourth-order valence-electron chi connectivity index (χ4n) is 15.8. The second kappa shape index (κ2) is 19.9. The minimum Gasteiger partial charge on any atom is -0.0846 e. The van der Waals surface area contributed by atoms with E-state index in [4.69, 9.17) is 0 Å². The minimum atomic E-state index is 0.861. The lowest BCUT2D eigenvalue weighted by Gasteiger charge is -2.53. The van der Waals surface area contributed by atoms with Gasteiger partial charge in [-0.25, -0.2) is 0 Å². The molecule has 0 heteroatoms. The van der Waals surface area contributed by atoms with E-state index in [0.717, 1.165) is 154 Å². The summed E-state index contributed by atoms with van der Waals surface area (Å²) in [6.07, 6.45) is 15.2. The number of fused-ring (bicyclic) bond motifs is 7. The Balaban J connectivity index is 0.000000153. The predicted molar refractivity (Wildman–Crippen MR) is 246 cm³/mol. The molecule has 0 spiro atoms. The molecule has 10 aliphatic carbocycles. The van der Waals surface area contributed by atoms with Crippen LogP contribution >= 0.6 is 0 Å². The van der Waals surface area contributed by atoms with Crippen molar-refractivity contribution in [2.75, 3.05) is 0 Å². The van der Waals surface area contributed by atoms with Gasteiger partial charge in [-0.2, -0.15) is 0 Å². The average Bonchev–Trinajstić information content (AvgIpc) is 3.70. The number of allylic oxidation sites excluding steroid dienone is 2. The second-order valence-electron chi connectivity index (χ2n) is 23.8. The van der Waals surface area contributed by atoms with Crippen molar-refractivity contribution in [3.05, 3.63) is 12.2 Å². The molecule has 8 saturated carbocycles. The lowest BCUT2D eigenvalue weighted by molar-refractivity contribution is -0.0466. The molecule has 0 radical (unpaired) electrons. The maximum absolute atomic E-state index is 2.48. The molecule has 6 bridgehead atoms. The van der Waals surface area contributed by atoms with Gasteiger partial charge in [0.15, 0.2) is 0 Å². The third-order valence-electron chi connectivity index (χ3n) is 21.7. The highest BCUT2D eigenvalue weighted by atomic mass is 14.6. The van der Waals surface area contributed by atoms with Crippen LogP contribution in [-0.4, -0.2) is 0 Å². The zero-order chi connectivity index (χ0) is 41.4. The Kier molecular flexibility index (Phi) is 17.1. The van der Waals surface area contributed by atoms with E-state index in [-0.39, 0.29) is 0 Å². The van der Waals surface area contributed by atoms with Crippen LogP contribution in [0.15, 0.2) is 12.2 Å². The van der Waals surface area contributed by atoms with Crippen LogP contribution in [0.25, 0.3) is 0 Å². The van der Waals surface area contributed by atoms with Gasteiger partial charge in [0.2, 0.25) is 0 Å². The van der Waals surface area contributed by atoms with Gasteiger partial charge in [0, 0.05) is 0 Å². The summed E-state index contributed by atoms with van der Waals surface area (Å²) in [6, 6.07) is 0. The van der Waals surface area contributed by atoms with Crippen molar-refractivity contribution in [2.45, 2.75) is 183 Å². The van der Waals surface area contributed by atoms with Gasteiger partial charge in [-0.05, 0) is 192 Å². The Hall–Kier alpha value is -0.260. The largest absolute Gasteiger partial charge is 0.0846 e. The second-order valence-corrected chi connectivity index (χ2v) is 23.8. The molecule has 0 aromatic heterocycles. The van der Waals surface area contributed by atoms with Crippen LogP contribution in [0.1, 0.15) is 183 Å². The van der Waals surface area contributed by atoms with Gasteiger partial charge in [-0.3, -0.25) is 0 Å². The number of hydrogen-bond acceptors (Lipinski definition) is 0. The van der Waals surface area contributed by atoms with Gasteiger partial charge in [-0.15, -0.1) is 0 Å². The van der Waals surface area contributed by atoms with Crippen molar-refractivity contribution in [3.8, 4) is 0 Å². The van der Waals surface area contributed by atoms with Crippen LogP contribution in [0.2, 0.25) is 0 Å². The molecule has 55 heavy (non-hydrogen) atoms. The molecule has 322 valence electrons. The number of rotatable bonds is 1. The van der Waals surface area contributed by atoms with Crippen molar-refractivity contribution >= 4 is 0 Å². The summed E-state index contributed by atoms with van der Waals surface area (Å²) in [5.41, 5.74) is 0. The lowest BCUT2D eigenvalue weighted by atomic mass is 9.52. The molecular formula is C55H102. The summed E-state index contributed by atoms with van der Waals surface area (Å²) in [5.74, 6) is 25.4. The first-order valence-electron chi connectivity index (χ1n) is 25.3. The van der Waals surface area contributed by atoms with E-state index in [9.17, 15) is 0 Å². The Bertz CT molecular complexity index is 1030. The maximum atomic E-state index is 2.48. The molecule has 20 atom stereocenters. The zero-order valence-electron chi connectivity index (χ0n) is 41.1. The van der Waals surface area contributed by atoms with Gasteiger partial charge in [0.05, 0.1) is 0 Å². The first kappa shape index (κ1) is 47.4. The Morgan fingerprint density at radius 1 is 0.291 bits per heavy atom. The average molecular weight is 763 g/mol. The maximum Gasteiger partial charge on any atom is -0.0176 e. The SMILES string of the molecule is CC1C(C)C2C=CC1C(C)C2C.CC1C(C)C2CC1C(C)C2C.CC1C(C)C2CCC1C(C)C2C.CC1CC(C)C(C)CC1C.CCC1C(C)CC(C)C1C. The smallest absolute Gasteiger partial charge is 0.0176 e. The standard InChI is InChI=1S/C12H22.C12H20.C11H20.2C10H20/c2*1-7-8(2)12-6-5-11(7)9(3)10(12)4;1-6-7(2)11-5-10(6)8(3)9(11)4;1-7-5-9(3)10(4)6-8(7)2;1-5-10-8(3)6-7(2)9(10)4/h7-12H,5-6H2,1-4H3;5-12H,1-4H3;6-11H,5H2,1-4H3;2*7-10H,5-6H2,1-4H3. The molecule has 10 aliphatic rings. The number of hydrogen-bond donors (Lipinski definition) is 0. The first-order chi connectivity index (χ1) is 25.7. The predicted octanol–water partition coefficient (Wildman–Crippen LogP) is 16.7. The normalized spacial score (nSPS) is 55.6. The molecule has 0 N–H and O–H groups in total. The van der Waals surface area contributed by atoms with Gasteiger partial charge < -0.3 is 0 Å². The van der Waals surface area contributed by atoms with Crippen molar-refractivity contribution in [3.63, 3.8) is 0 Å². The Labute approximate surface area is 348 Å². The van der Waals surface area contributed by atoms with Gasteiger partial charge in [0.1, 0.15) is 0 Å². The van der Waals surface area contributed by atoms with Crippen LogP contribution in [0.5, 0.6) is 0 Å². The molecule has 0 aliphatic heterocycles.